The second-order valence-electron chi connectivity index (χ2n) is 8.21. The van der Waals surface area contributed by atoms with Crippen LogP contribution in [0, 0.1) is 10.1 Å². The van der Waals surface area contributed by atoms with E-state index in [2.05, 4.69) is 10.2 Å². The smallest absolute Gasteiger partial charge is 0.356 e. The predicted molar refractivity (Wildman–Crippen MR) is 124 cm³/mol. The minimum atomic E-state index is -3.51. The van der Waals surface area contributed by atoms with Gasteiger partial charge in [-0.15, -0.1) is 0 Å². The van der Waals surface area contributed by atoms with Crippen molar-refractivity contribution in [1.82, 2.24) is 0 Å². The van der Waals surface area contributed by atoms with Crippen molar-refractivity contribution in [2.75, 3.05) is 25.2 Å². The molecule has 9 nitrogen and oxygen atoms in total. The fourth-order valence-electron chi connectivity index (χ4n) is 4.20. The molecule has 1 aliphatic rings. The first-order valence-electron chi connectivity index (χ1n) is 10.5. The summed E-state index contributed by atoms with van der Waals surface area (Å²) in [5.74, 6) is 0. The van der Waals surface area contributed by atoms with Crippen LogP contribution in [0.25, 0.3) is 0 Å². The van der Waals surface area contributed by atoms with Crippen LogP contribution in [0.2, 0.25) is 0 Å². The fraction of sp³-hybridized carbons (Fsp3) is 0.455. The van der Waals surface area contributed by atoms with Crippen LogP contribution in [-0.4, -0.2) is 30.5 Å². The molecule has 2 aromatic carbocycles. The van der Waals surface area contributed by atoms with Crippen molar-refractivity contribution in [3.63, 3.8) is 0 Å². The summed E-state index contributed by atoms with van der Waals surface area (Å²) in [6.07, 6.45) is 0. The molecule has 0 saturated heterocycles. The summed E-state index contributed by atoms with van der Waals surface area (Å²) in [6.45, 7) is 10.1. The van der Waals surface area contributed by atoms with Gasteiger partial charge in [0.25, 0.3) is 5.69 Å². The average Bonchev–Trinajstić information content (AvgIpc) is 2.91. The molecule has 0 unspecified atom stereocenters. The van der Waals surface area contributed by atoms with Gasteiger partial charge in [0.05, 0.1) is 29.5 Å². The maximum Gasteiger partial charge on any atom is 0.356 e. The van der Waals surface area contributed by atoms with Crippen molar-refractivity contribution < 1.29 is 18.5 Å². The monoisotopic (exact) mass is 460 g/mol. The summed E-state index contributed by atoms with van der Waals surface area (Å²) in [6, 6.07) is 11.6. The molecule has 0 radical (unpaired) electrons. The van der Waals surface area contributed by atoms with E-state index < -0.39 is 23.2 Å². The lowest BCUT2D eigenvalue weighted by molar-refractivity contribution is -0.384. The van der Waals surface area contributed by atoms with E-state index in [1.807, 2.05) is 50.9 Å². The van der Waals surface area contributed by atoms with Gasteiger partial charge in [0.15, 0.2) is 0 Å². The van der Waals surface area contributed by atoms with Crippen molar-refractivity contribution in [3.8, 4) is 0 Å². The third-order valence-electron chi connectivity index (χ3n) is 6.32. The average molecular weight is 460 g/mol. The normalized spacial score (nSPS) is 20.0. The first-order chi connectivity index (χ1) is 15.0. The molecule has 0 spiro atoms. The highest BCUT2D eigenvalue weighted by Crippen LogP contribution is 2.71. The summed E-state index contributed by atoms with van der Waals surface area (Å²) in [5.41, 5.74) is 2.42. The number of anilines is 1. The van der Waals surface area contributed by atoms with Crippen molar-refractivity contribution >= 4 is 30.3 Å². The first-order valence-corrected chi connectivity index (χ1v) is 12.0. The number of fused-ring (bicyclic) bond motifs is 1. The molecule has 1 heterocycles. The van der Waals surface area contributed by atoms with E-state index in [0.29, 0.717) is 11.4 Å². The molecule has 0 N–H and O–H groups in total. The second-order valence-corrected chi connectivity index (χ2v) is 10.6. The zero-order valence-electron chi connectivity index (χ0n) is 19.2. The lowest BCUT2D eigenvalue weighted by Gasteiger charge is -2.46. The Morgan fingerprint density at radius 3 is 2.06 bits per heavy atom. The minimum Gasteiger partial charge on any atom is -0.357 e. The Kier molecular flexibility index (Phi) is 6.56. The van der Waals surface area contributed by atoms with Gasteiger partial charge in [-0.2, -0.15) is 10.2 Å². The zero-order chi connectivity index (χ0) is 23.7. The topological polar surface area (TPSA) is 107 Å². The molecule has 0 fully saturated rings. The highest BCUT2D eigenvalue weighted by atomic mass is 31.2. The SMILES string of the molecule is CCOP(=O)(OCC)[C@]1(C)N(C)c2ccc(N=Nc3ccc([N+](=O)[O-])cc3)cc2C1(C)C. The molecule has 0 aliphatic carbocycles. The highest BCUT2D eigenvalue weighted by molar-refractivity contribution is 7.56. The predicted octanol–water partition coefficient (Wildman–Crippen LogP) is 6.72. The Morgan fingerprint density at radius 1 is 1.00 bits per heavy atom. The quantitative estimate of drug-likeness (QED) is 0.187. The zero-order valence-corrected chi connectivity index (χ0v) is 20.1. The number of benzene rings is 2. The number of nitro benzene ring substituents is 1. The number of likely N-dealkylation sites (N-methyl/N-ethyl adjacent to an activating group) is 1. The van der Waals surface area contributed by atoms with Crippen molar-refractivity contribution in [3.05, 3.63) is 58.1 Å². The molecule has 1 aliphatic heterocycles. The summed E-state index contributed by atoms with van der Waals surface area (Å²) < 4.78 is 25.4. The summed E-state index contributed by atoms with van der Waals surface area (Å²) in [5, 5.41) is 18.4. The molecule has 1 atom stereocenters. The Labute approximate surface area is 188 Å². The summed E-state index contributed by atoms with van der Waals surface area (Å²) in [4.78, 5) is 12.3. The van der Waals surface area contributed by atoms with E-state index in [0.717, 1.165) is 11.3 Å². The van der Waals surface area contributed by atoms with Crippen molar-refractivity contribution in [2.45, 2.75) is 45.3 Å². The molecule has 2 aromatic rings. The fourth-order valence-corrected chi connectivity index (χ4v) is 6.74. The number of rotatable bonds is 8. The van der Waals surface area contributed by atoms with Crippen LogP contribution in [0.3, 0.4) is 0 Å². The molecule has 172 valence electrons. The van der Waals surface area contributed by atoms with Crippen LogP contribution in [0.1, 0.15) is 40.2 Å². The Hall–Kier alpha value is -2.61. The molecule has 0 amide bonds. The van der Waals surface area contributed by atoms with Gasteiger partial charge in [-0.3, -0.25) is 14.7 Å². The van der Waals surface area contributed by atoms with Crippen LogP contribution in [0.4, 0.5) is 22.7 Å². The first kappa shape index (κ1) is 24.0. The standard InChI is InChI=1S/C22H29N4O5P/c1-7-30-32(29,31-8-2)22(5)21(3,4)19-15-17(11-14-20(19)25(22)6)24-23-16-9-12-18(13-10-16)26(27)28/h9-15H,7-8H2,1-6H3/t22-/m0/s1. The molecule has 10 heteroatoms. The molecular formula is C22H29N4O5P. The number of nitro groups is 1. The van der Waals surface area contributed by atoms with E-state index in [4.69, 9.17) is 9.05 Å². The Bertz CT molecular complexity index is 1080. The maximum absolute atomic E-state index is 13.9. The number of azo groups is 1. The molecular weight excluding hydrogens is 431 g/mol. The number of hydrogen-bond acceptors (Lipinski definition) is 8. The lowest BCUT2D eigenvalue weighted by atomic mass is 9.80. The van der Waals surface area contributed by atoms with Crippen LogP contribution in [0.15, 0.2) is 52.7 Å². The number of hydrogen-bond donors (Lipinski definition) is 0. The third kappa shape index (κ3) is 3.74. The maximum atomic E-state index is 13.9. The third-order valence-corrected chi connectivity index (χ3v) is 9.45. The number of nitrogens with zero attached hydrogens (tertiary/aromatic N) is 4. The largest absolute Gasteiger partial charge is 0.357 e. The van der Waals surface area contributed by atoms with Crippen LogP contribution in [0.5, 0.6) is 0 Å². The van der Waals surface area contributed by atoms with Gasteiger partial charge in [-0.05, 0) is 56.7 Å². The van der Waals surface area contributed by atoms with Gasteiger partial charge in [0.1, 0.15) is 5.28 Å². The number of non-ortho nitro benzene ring substituents is 1. The second kappa shape index (κ2) is 8.73. The Balaban J connectivity index is 1.99. The molecule has 0 bridgehead atoms. The van der Waals surface area contributed by atoms with Gasteiger partial charge >= 0.3 is 7.60 Å². The van der Waals surface area contributed by atoms with E-state index in [9.17, 15) is 14.7 Å². The van der Waals surface area contributed by atoms with E-state index in [1.165, 1.54) is 12.1 Å². The molecule has 3 rings (SSSR count). The van der Waals surface area contributed by atoms with Gasteiger partial charge in [-0.1, -0.05) is 13.8 Å². The Morgan fingerprint density at radius 2 is 1.53 bits per heavy atom. The van der Waals surface area contributed by atoms with E-state index in [-0.39, 0.29) is 18.9 Å². The van der Waals surface area contributed by atoms with Crippen LogP contribution < -0.4 is 4.90 Å². The minimum absolute atomic E-state index is 0.00132. The summed E-state index contributed by atoms with van der Waals surface area (Å²) in [7, 11) is -1.61. The lowest BCUT2D eigenvalue weighted by Crippen LogP contribution is -2.52. The molecule has 32 heavy (non-hydrogen) atoms. The van der Waals surface area contributed by atoms with Crippen LogP contribution >= 0.6 is 7.60 Å². The highest BCUT2D eigenvalue weighted by Gasteiger charge is 2.64. The van der Waals surface area contributed by atoms with Gasteiger partial charge < -0.3 is 13.9 Å². The molecule has 0 aromatic heterocycles. The van der Waals surface area contributed by atoms with E-state index >= 15 is 0 Å². The molecule has 0 saturated carbocycles. The summed E-state index contributed by atoms with van der Waals surface area (Å²) >= 11 is 0. The van der Waals surface area contributed by atoms with Gasteiger partial charge in [0.2, 0.25) is 0 Å². The van der Waals surface area contributed by atoms with Crippen LogP contribution in [-0.2, 0) is 19.0 Å². The van der Waals surface area contributed by atoms with Crippen molar-refractivity contribution in [1.29, 1.82) is 0 Å². The van der Waals surface area contributed by atoms with Gasteiger partial charge in [-0.25, -0.2) is 0 Å². The van der Waals surface area contributed by atoms with Gasteiger partial charge in [0, 0.05) is 30.3 Å². The van der Waals surface area contributed by atoms with Crippen molar-refractivity contribution in [2.24, 2.45) is 10.2 Å². The van der Waals surface area contributed by atoms with E-state index in [1.54, 1.807) is 26.0 Å².